The molecule has 0 heterocycles. The number of halogens is 2. The molecule has 0 spiro atoms. The van der Waals surface area contributed by atoms with Gasteiger partial charge < -0.3 is 10.5 Å². The summed E-state index contributed by atoms with van der Waals surface area (Å²) in [4.78, 5) is 0. The Labute approximate surface area is 107 Å². The molecule has 1 rings (SSSR count). The molecule has 0 aliphatic rings. The highest BCUT2D eigenvalue weighted by molar-refractivity contribution is 6.31. The predicted molar refractivity (Wildman–Crippen MR) is 68.6 cm³/mol. The summed E-state index contributed by atoms with van der Waals surface area (Å²) in [6.45, 7) is 6.07. The summed E-state index contributed by atoms with van der Waals surface area (Å²) in [5, 5.41) is 0.463. The summed E-state index contributed by atoms with van der Waals surface area (Å²) in [6, 6.07) is 3.74. The summed E-state index contributed by atoms with van der Waals surface area (Å²) in [6.07, 6.45) is -0.234. The van der Waals surface area contributed by atoms with Crippen molar-refractivity contribution in [1.82, 2.24) is 0 Å². The highest BCUT2D eigenvalue weighted by Gasteiger charge is 2.32. The van der Waals surface area contributed by atoms with Gasteiger partial charge in [-0.15, -0.1) is 0 Å². The molecule has 1 aromatic rings. The van der Waals surface area contributed by atoms with Crippen LogP contribution < -0.4 is 5.73 Å². The summed E-state index contributed by atoms with van der Waals surface area (Å²) in [5.74, 6) is -0.344. The minimum atomic E-state index is -0.455. The summed E-state index contributed by atoms with van der Waals surface area (Å²) in [7, 11) is 1.60. The maximum atomic E-state index is 13.2. The van der Waals surface area contributed by atoms with E-state index in [0.29, 0.717) is 10.6 Å². The molecule has 4 heteroatoms. The first kappa shape index (κ1) is 14.4. The molecule has 2 nitrogen and oxygen atoms in total. The zero-order chi connectivity index (χ0) is 13.2. The minimum Gasteiger partial charge on any atom is -0.379 e. The van der Waals surface area contributed by atoms with Gasteiger partial charge in [-0.25, -0.2) is 4.39 Å². The standard InChI is InChI=1S/C13H19ClFNO/c1-13(2,3)12(17-4)11(16)9-7-8(15)5-6-10(9)14/h5-7,11-12H,16H2,1-4H3. The van der Waals surface area contributed by atoms with Crippen molar-refractivity contribution in [1.29, 1.82) is 0 Å². The molecule has 17 heavy (non-hydrogen) atoms. The fourth-order valence-electron chi connectivity index (χ4n) is 1.97. The lowest BCUT2D eigenvalue weighted by molar-refractivity contribution is -0.00246. The lowest BCUT2D eigenvalue weighted by atomic mass is 9.82. The number of hydrogen-bond acceptors (Lipinski definition) is 2. The maximum absolute atomic E-state index is 13.2. The van der Waals surface area contributed by atoms with Crippen LogP contribution in [-0.2, 0) is 4.74 Å². The van der Waals surface area contributed by atoms with Crippen LogP contribution in [0.25, 0.3) is 0 Å². The van der Waals surface area contributed by atoms with E-state index in [4.69, 9.17) is 22.1 Å². The Kier molecular flexibility index (Phi) is 4.53. The van der Waals surface area contributed by atoms with Crippen molar-refractivity contribution in [3.63, 3.8) is 0 Å². The van der Waals surface area contributed by atoms with Gasteiger partial charge in [0.25, 0.3) is 0 Å². The van der Waals surface area contributed by atoms with Crippen LogP contribution in [0.5, 0.6) is 0 Å². The number of nitrogens with two attached hydrogens (primary N) is 1. The summed E-state index contributed by atoms with van der Waals surface area (Å²) < 4.78 is 18.6. The predicted octanol–water partition coefficient (Wildman–Crippen LogP) is 3.54. The van der Waals surface area contributed by atoms with Crippen LogP contribution in [0.1, 0.15) is 32.4 Å². The van der Waals surface area contributed by atoms with Crippen LogP contribution in [0.2, 0.25) is 5.02 Å². The van der Waals surface area contributed by atoms with Crippen LogP contribution in [0.15, 0.2) is 18.2 Å². The molecular weight excluding hydrogens is 241 g/mol. The van der Waals surface area contributed by atoms with Crippen molar-refractivity contribution in [2.75, 3.05) is 7.11 Å². The van der Waals surface area contributed by atoms with Crippen molar-refractivity contribution in [3.8, 4) is 0 Å². The quantitative estimate of drug-likeness (QED) is 0.901. The highest BCUT2D eigenvalue weighted by Crippen LogP contribution is 2.34. The van der Waals surface area contributed by atoms with Gasteiger partial charge in [-0.2, -0.15) is 0 Å². The lowest BCUT2D eigenvalue weighted by Gasteiger charge is -2.34. The Bertz CT molecular complexity index is 389. The fourth-order valence-corrected chi connectivity index (χ4v) is 2.22. The molecule has 0 bridgehead atoms. The Hall–Kier alpha value is -0.640. The maximum Gasteiger partial charge on any atom is 0.123 e. The third-order valence-electron chi connectivity index (χ3n) is 2.75. The van der Waals surface area contributed by atoms with Gasteiger partial charge in [0, 0.05) is 12.1 Å². The number of methoxy groups -OCH3 is 1. The fraction of sp³-hybridized carbons (Fsp3) is 0.538. The van der Waals surface area contributed by atoms with Gasteiger partial charge in [0.1, 0.15) is 5.82 Å². The number of benzene rings is 1. The van der Waals surface area contributed by atoms with Gasteiger partial charge in [0.15, 0.2) is 0 Å². The molecular formula is C13H19ClFNO. The van der Waals surface area contributed by atoms with Crippen molar-refractivity contribution in [3.05, 3.63) is 34.6 Å². The summed E-state index contributed by atoms with van der Waals surface area (Å²) >= 11 is 6.04. The Morgan fingerprint density at radius 2 is 1.94 bits per heavy atom. The second-order valence-electron chi connectivity index (χ2n) is 5.21. The molecule has 2 N–H and O–H groups in total. The van der Waals surface area contributed by atoms with E-state index in [1.54, 1.807) is 7.11 Å². The normalized spacial score (nSPS) is 15.7. The molecule has 0 saturated carbocycles. The third kappa shape index (κ3) is 3.41. The van der Waals surface area contributed by atoms with Gasteiger partial charge in [-0.05, 0) is 29.2 Å². The molecule has 0 aromatic heterocycles. The molecule has 0 saturated heterocycles. The zero-order valence-corrected chi connectivity index (χ0v) is 11.4. The molecule has 0 aliphatic carbocycles. The Morgan fingerprint density at radius 1 is 1.35 bits per heavy atom. The van der Waals surface area contributed by atoms with E-state index in [2.05, 4.69) is 0 Å². The largest absolute Gasteiger partial charge is 0.379 e. The minimum absolute atomic E-state index is 0.149. The SMILES string of the molecule is COC(C(N)c1cc(F)ccc1Cl)C(C)(C)C. The first-order valence-electron chi connectivity index (χ1n) is 5.50. The Balaban J connectivity index is 3.10. The van der Waals surface area contributed by atoms with Crippen LogP contribution in [0, 0.1) is 11.2 Å². The Morgan fingerprint density at radius 3 is 2.41 bits per heavy atom. The van der Waals surface area contributed by atoms with Gasteiger partial charge in [-0.1, -0.05) is 32.4 Å². The molecule has 2 atom stereocenters. The van der Waals surface area contributed by atoms with E-state index in [0.717, 1.165) is 0 Å². The van der Waals surface area contributed by atoms with Crippen molar-refractivity contribution in [2.45, 2.75) is 32.9 Å². The van der Waals surface area contributed by atoms with Crippen molar-refractivity contribution < 1.29 is 9.13 Å². The smallest absolute Gasteiger partial charge is 0.123 e. The van der Waals surface area contributed by atoms with Gasteiger partial charge in [0.05, 0.1) is 12.1 Å². The highest BCUT2D eigenvalue weighted by atomic mass is 35.5. The zero-order valence-electron chi connectivity index (χ0n) is 10.6. The number of ether oxygens (including phenoxy) is 1. The topological polar surface area (TPSA) is 35.2 Å². The van der Waals surface area contributed by atoms with Crippen LogP contribution >= 0.6 is 11.6 Å². The second-order valence-corrected chi connectivity index (χ2v) is 5.62. The molecule has 0 amide bonds. The van der Waals surface area contributed by atoms with E-state index in [1.165, 1.54) is 18.2 Å². The van der Waals surface area contributed by atoms with Crippen LogP contribution in [0.4, 0.5) is 4.39 Å². The second kappa shape index (κ2) is 5.34. The molecule has 96 valence electrons. The average Bonchev–Trinajstić information content (AvgIpc) is 2.20. The van der Waals surface area contributed by atoms with E-state index in [1.807, 2.05) is 20.8 Å². The molecule has 0 aliphatic heterocycles. The molecule has 2 unspecified atom stereocenters. The van der Waals surface area contributed by atoms with E-state index < -0.39 is 6.04 Å². The van der Waals surface area contributed by atoms with E-state index in [9.17, 15) is 4.39 Å². The molecule has 0 radical (unpaired) electrons. The molecule has 0 fully saturated rings. The van der Waals surface area contributed by atoms with Crippen LogP contribution in [0.3, 0.4) is 0 Å². The van der Waals surface area contributed by atoms with Gasteiger partial charge in [-0.3, -0.25) is 0 Å². The van der Waals surface area contributed by atoms with E-state index in [-0.39, 0.29) is 17.3 Å². The monoisotopic (exact) mass is 259 g/mol. The third-order valence-corrected chi connectivity index (χ3v) is 3.10. The average molecular weight is 260 g/mol. The van der Waals surface area contributed by atoms with Gasteiger partial charge in [0.2, 0.25) is 0 Å². The lowest BCUT2D eigenvalue weighted by Crippen LogP contribution is -2.38. The van der Waals surface area contributed by atoms with E-state index >= 15 is 0 Å². The summed E-state index contributed by atoms with van der Waals surface area (Å²) in [5.41, 5.74) is 6.56. The first-order valence-corrected chi connectivity index (χ1v) is 5.88. The number of hydrogen-bond donors (Lipinski definition) is 1. The van der Waals surface area contributed by atoms with Crippen LogP contribution in [-0.4, -0.2) is 13.2 Å². The number of rotatable bonds is 3. The van der Waals surface area contributed by atoms with Crippen molar-refractivity contribution in [2.24, 2.45) is 11.1 Å². The molecule has 1 aromatic carbocycles. The van der Waals surface area contributed by atoms with Crippen molar-refractivity contribution >= 4 is 11.6 Å². The first-order chi connectivity index (χ1) is 7.77. The van der Waals surface area contributed by atoms with Gasteiger partial charge >= 0.3 is 0 Å².